The number of nitrogens with zero attached hydrogens (tertiary/aromatic N) is 2. The molecule has 0 spiro atoms. The third-order valence-electron chi connectivity index (χ3n) is 2.46. The van der Waals surface area contributed by atoms with Crippen molar-refractivity contribution in [2.24, 2.45) is 0 Å². The van der Waals surface area contributed by atoms with Gasteiger partial charge in [-0.25, -0.2) is 18.4 Å². The fraction of sp³-hybridized carbons (Fsp3) is 0. The highest BCUT2D eigenvalue weighted by Gasteiger charge is 2.14. The van der Waals surface area contributed by atoms with E-state index in [0.29, 0.717) is 10.2 Å². The van der Waals surface area contributed by atoms with Gasteiger partial charge in [-0.1, -0.05) is 0 Å². The third-order valence-corrected chi connectivity index (χ3v) is 3.59. The van der Waals surface area contributed by atoms with Crippen molar-refractivity contribution < 1.29 is 19.0 Å². The lowest BCUT2D eigenvalue weighted by Gasteiger charge is -2.00. The highest BCUT2D eigenvalue weighted by atomic mass is 32.1. The molecule has 3 rings (SSSR count). The molecule has 3 aromatic rings. The Morgan fingerprint density at radius 2 is 2.26 bits per heavy atom. The van der Waals surface area contributed by atoms with Crippen molar-refractivity contribution in [2.75, 3.05) is 0 Å². The van der Waals surface area contributed by atoms with Crippen LogP contribution in [0.2, 0.25) is 0 Å². The first-order valence-corrected chi connectivity index (χ1v) is 5.88. The topological polar surface area (TPSA) is 80.9 Å². The summed E-state index contributed by atoms with van der Waals surface area (Å²) in [5, 5.41) is 8.62. The predicted octanol–water partition coefficient (Wildman–Crippen LogP) is 2.11. The number of carbonyl (C=O) groups is 1. The van der Waals surface area contributed by atoms with E-state index in [0.717, 1.165) is 17.5 Å². The van der Waals surface area contributed by atoms with E-state index in [2.05, 4.69) is 9.72 Å². The van der Waals surface area contributed by atoms with Crippen LogP contribution in [0, 0.1) is 5.82 Å². The maximum Gasteiger partial charge on any atom is 0.511 e. The Balaban J connectivity index is 2.44. The van der Waals surface area contributed by atoms with Gasteiger partial charge in [-0.2, -0.15) is 4.98 Å². The number of thiazole rings is 1. The van der Waals surface area contributed by atoms with E-state index in [1.54, 1.807) is 0 Å². The standard InChI is InChI=1S/C11H5FN2O4S/c12-5-1-2-6-8(3-5)19-9-7(18-11(16)17)4-13-10(15)14(6)9/h1-4H,(H,16,17). The number of aromatic nitrogens is 2. The summed E-state index contributed by atoms with van der Waals surface area (Å²) in [6.45, 7) is 0. The lowest BCUT2D eigenvalue weighted by molar-refractivity contribution is 0.145. The second-order valence-corrected chi connectivity index (χ2v) is 4.66. The van der Waals surface area contributed by atoms with Crippen molar-refractivity contribution in [3.63, 3.8) is 0 Å². The van der Waals surface area contributed by atoms with Crippen LogP contribution >= 0.6 is 11.3 Å². The molecular weight excluding hydrogens is 275 g/mol. The van der Waals surface area contributed by atoms with Gasteiger partial charge in [-0.15, -0.1) is 11.3 Å². The molecule has 0 radical (unpaired) electrons. The van der Waals surface area contributed by atoms with E-state index in [-0.39, 0.29) is 10.6 Å². The van der Waals surface area contributed by atoms with E-state index in [4.69, 9.17) is 5.11 Å². The maximum atomic E-state index is 13.2. The Morgan fingerprint density at radius 3 is 3.00 bits per heavy atom. The average Bonchev–Trinajstić information content (AvgIpc) is 2.71. The number of hydrogen-bond donors (Lipinski definition) is 1. The molecule has 0 unspecified atom stereocenters. The van der Waals surface area contributed by atoms with Gasteiger partial charge in [0.25, 0.3) is 0 Å². The van der Waals surface area contributed by atoms with Gasteiger partial charge in [-0.3, -0.25) is 0 Å². The monoisotopic (exact) mass is 280 g/mol. The van der Waals surface area contributed by atoms with E-state index >= 15 is 0 Å². The highest BCUT2D eigenvalue weighted by molar-refractivity contribution is 7.24. The quantitative estimate of drug-likeness (QED) is 0.690. The molecular formula is C11H5FN2O4S. The fourth-order valence-electron chi connectivity index (χ4n) is 1.75. The van der Waals surface area contributed by atoms with E-state index in [9.17, 15) is 14.0 Å². The van der Waals surface area contributed by atoms with Crippen LogP contribution in [0.15, 0.2) is 29.2 Å². The molecule has 2 aromatic heterocycles. The largest absolute Gasteiger partial charge is 0.511 e. The number of carboxylic acid groups (broad SMARTS) is 1. The normalized spacial score (nSPS) is 11.0. The molecule has 0 aliphatic carbocycles. The van der Waals surface area contributed by atoms with Gasteiger partial charge in [0.05, 0.1) is 16.4 Å². The van der Waals surface area contributed by atoms with Crippen LogP contribution in [0.25, 0.3) is 15.0 Å². The molecule has 0 fully saturated rings. The lowest BCUT2D eigenvalue weighted by Crippen LogP contribution is -2.16. The minimum Gasteiger partial charge on any atom is -0.449 e. The van der Waals surface area contributed by atoms with Gasteiger partial charge >= 0.3 is 11.8 Å². The Bertz CT molecular complexity index is 870. The minimum absolute atomic E-state index is 0.0614. The van der Waals surface area contributed by atoms with Crippen LogP contribution in [0.1, 0.15) is 0 Å². The van der Waals surface area contributed by atoms with Gasteiger partial charge in [0, 0.05) is 0 Å². The van der Waals surface area contributed by atoms with Crippen LogP contribution in [-0.4, -0.2) is 20.6 Å². The molecule has 0 saturated carbocycles. The maximum absolute atomic E-state index is 13.2. The Labute approximate surface area is 108 Å². The minimum atomic E-state index is -1.51. The number of rotatable bonds is 1. The summed E-state index contributed by atoms with van der Waals surface area (Å²) < 4.78 is 19.4. The first-order chi connectivity index (χ1) is 9.06. The van der Waals surface area contributed by atoms with E-state index in [1.165, 1.54) is 22.6 Å². The molecule has 1 N–H and O–H groups in total. The number of halogens is 1. The molecule has 1 aromatic carbocycles. The number of fused-ring (bicyclic) bond motifs is 3. The summed E-state index contributed by atoms with van der Waals surface area (Å²) in [5.41, 5.74) is -0.125. The first-order valence-electron chi connectivity index (χ1n) is 5.07. The Morgan fingerprint density at radius 1 is 1.47 bits per heavy atom. The van der Waals surface area contributed by atoms with Gasteiger partial charge in [0.1, 0.15) is 10.6 Å². The fourth-order valence-corrected chi connectivity index (χ4v) is 2.86. The summed E-state index contributed by atoms with van der Waals surface area (Å²) >= 11 is 1.05. The zero-order chi connectivity index (χ0) is 13.6. The van der Waals surface area contributed by atoms with E-state index in [1.807, 2.05) is 0 Å². The molecule has 0 saturated heterocycles. The van der Waals surface area contributed by atoms with Crippen LogP contribution < -0.4 is 10.4 Å². The third kappa shape index (κ3) is 1.82. The summed E-state index contributed by atoms with van der Waals surface area (Å²) in [6.07, 6.45) is -0.469. The Hall–Kier alpha value is -2.48. The molecule has 0 atom stereocenters. The predicted molar refractivity (Wildman–Crippen MR) is 65.5 cm³/mol. The number of ether oxygens (including phenoxy) is 1. The zero-order valence-electron chi connectivity index (χ0n) is 9.16. The van der Waals surface area contributed by atoms with Gasteiger partial charge in [0.15, 0.2) is 5.75 Å². The molecule has 0 amide bonds. The van der Waals surface area contributed by atoms with Crippen molar-refractivity contribution in [1.29, 1.82) is 0 Å². The second-order valence-electron chi connectivity index (χ2n) is 3.63. The molecule has 19 heavy (non-hydrogen) atoms. The summed E-state index contributed by atoms with van der Waals surface area (Å²) in [7, 11) is 0. The van der Waals surface area contributed by atoms with Crippen LogP contribution in [0.3, 0.4) is 0 Å². The van der Waals surface area contributed by atoms with Crippen molar-refractivity contribution in [3.05, 3.63) is 40.7 Å². The van der Waals surface area contributed by atoms with Crippen LogP contribution in [0.4, 0.5) is 9.18 Å². The van der Waals surface area contributed by atoms with Gasteiger partial charge in [-0.05, 0) is 18.2 Å². The summed E-state index contributed by atoms with van der Waals surface area (Å²) in [5.74, 6) is -0.505. The summed E-state index contributed by atoms with van der Waals surface area (Å²) in [6, 6.07) is 3.91. The van der Waals surface area contributed by atoms with Crippen molar-refractivity contribution in [2.45, 2.75) is 0 Å². The smallest absolute Gasteiger partial charge is 0.449 e. The highest BCUT2D eigenvalue weighted by Crippen LogP contribution is 2.31. The molecule has 96 valence electrons. The zero-order valence-corrected chi connectivity index (χ0v) is 9.98. The van der Waals surface area contributed by atoms with Gasteiger partial charge in [0.2, 0.25) is 0 Å². The lowest BCUT2D eigenvalue weighted by atomic mass is 10.3. The molecule has 0 aliphatic heterocycles. The average molecular weight is 280 g/mol. The second kappa shape index (κ2) is 4.02. The summed E-state index contributed by atoms with van der Waals surface area (Å²) in [4.78, 5) is 26.1. The number of benzene rings is 1. The molecule has 0 bridgehead atoms. The van der Waals surface area contributed by atoms with Crippen molar-refractivity contribution >= 4 is 32.5 Å². The van der Waals surface area contributed by atoms with Gasteiger partial charge < -0.3 is 9.84 Å². The van der Waals surface area contributed by atoms with Crippen molar-refractivity contribution in [1.82, 2.24) is 9.38 Å². The SMILES string of the molecule is O=C(O)Oc1cnc(=O)n2c1sc1cc(F)ccc12. The Kier molecular flexibility index (Phi) is 2.46. The molecule has 2 heterocycles. The number of hydrogen-bond acceptors (Lipinski definition) is 5. The molecule has 6 nitrogen and oxygen atoms in total. The van der Waals surface area contributed by atoms with E-state index < -0.39 is 17.7 Å². The van der Waals surface area contributed by atoms with Crippen LogP contribution in [-0.2, 0) is 0 Å². The first kappa shape index (κ1) is 11.6. The van der Waals surface area contributed by atoms with Crippen molar-refractivity contribution in [3.8, 4) is 5.75 Å². The van der Waals surface area contributed by atoms with Crippen LogP contribution in [0.5, 0.6) is 5.75 Å². The molecule has 0 aliphatic rings. The molecule has 8 heteroatoms.